The number of hydrogen-bond acceptors (Lipinski definition) is 5. The van der Waals surface area contributed by atoms with Crippen molar-refractivity contribution in [3.63, 3.8) is 0 Å². The largest absolute Gasteiger partial charge is 0.444 e. The lowest BCUT2D eigenvalue weighted by Gasteiger charge is -2.19. The van der Waals surface area contributed by atoms with E-state index in [4.69, 9.17) is 14.2 Å². The molecule has 154 valence electrons. The monoisotopic (exact) mass is 374 g/mol. The quantitative estimate of drug-likeness (QED) is 0.457. The first kappa shape index (κ1) is 24.7. The Morgan fingerprint density at radius 2 is 1.50 bits per heavy atom. The van der Waals surface area contributed by atoms with Crippen LogP contribution in [-0.4, -0.2) is 57.1 Å². The molecule has 0 heterocycles. The minimum atomic E-state index is -0.499. The van der Waals surface area contributed by atoms with Crippen LogP contribution in [-0.2, 0) is 19.0 Å². The van der Waals surface area contributed by atoms with Gasteiger partial charge in [0.05, 0.1) is 26.4 Å². The lowest BCUT2D eigenvalue weighted by atomic mass is 10.0. The third-order valence-corrected chi connectivity index (χ3v) is 3.52. The van der Waals surface area contributed by atoms with E-state index < -0.39 is 11.7 Å². The highest BCUT2D eigenvalue weighted by Gasteiger charge is 2.15. The van der Waals surface area contributed by atoms with Crippen molar-refractivity contribution in [2.24, 2.45) is 5.92 Å². The Morgan fingerprint density at radius 1 is 0.923 bits per heavy atom. The fourth-order valence-corrected chi connectivity index (χ4v) is 2.11. The number of unbranched alkanes of at least 4 members (excludes halogenated alkanes) is 2. The van der Waals surface area contributed by atoms with Gasteiger partial charge in [-0.2, -0.15) is 0 Å². The number of rotatable bonds is 14. The Bertz CT molecular complexity index is 383. The molecule has 0 radical (unpaired) electrons. The van der Waals surface area contributed by atoms with Gasteiger partial charge in [0.15, 0.2) is 0 Å². The van der Waals surface area contributed by atoms with E-state index in [9.17, 15) is 9.59 Å². The predicted molar refractivity (Wildman–Crippen MR) is 102 cm³/mol. The Hall–Kier alpha value is -1.34. The predicted octanol–water partition coefficient (Wildman–Crippen LogP) is 2.88. The van der Waals surface area contributed by atoms with Crippen LogP contribution in [0.25, 0.3) is 0 Å². The molecule has 0 saturated heterocycles. The van der Waals surface area contributed by atoms with E-state index in [2.05, 4.69) is 17.6 Å². The van der Waals surface area contributed by atoms with Crippen LogP contribution in [0.2, 0.25) is 0 Å². The Balaban J connectivity index is 3.41. The summed E-state index contributed by atoms with van der Waals surface area (Å²) in [5.74, 6) is 0.150. The van der Waals surface area contributed by atoms with Crippen LogP contribution >= 0.6 is 0 Å². The van der Waals surface area contributed by atoms with Crippen LogP contribution in [0.15, 0.2) is 0 Å². The van der Waals surface area contributed by atoms with Crippen LogP contribution in [0.5, 0.6) is 0 Å². The summed E-state index contributed by atoms with van der Waals surface area (Å²) in [6.45, 7) is 12.2. The highest BCUT2D eigenvalue weighted by Crippen LogP contribution is 2.09. The van der Waals surface area contributed by atoms with Gasteiger partial charge in [0.1, 0.15) is 5.60 Å². The van der Waals surface area contributed by atoms with Gasteiger partial charge < -0.3 is 24.8 Å². The Kier molecular flexibility index (Phi) is 14.0. The molecule has 26 heavy (non-hydrogen) atoms. The molecule has 0 spiro atoms. The van der Waals surface area contributed by atoms with Gasteiger partial charge in [-0.1, -0.05) is 33.1 Å². The van der Waals surface area contributed by atoms with Crippen molar-refractivity contribution >= 4 is 12.0 Å². The molecule has 0 aliphatic rings. The molecule has 0 fully saturated rings. The average Bonchev–Trinajstić information content (AvgIpc) is 2.54. The van der Waals surface area contributed by atoms with E-state index in [0.29, 0.717) is 39.5 Å². The molecule has 0 aromatic carbocycles. The van der Waals surface area contributed by atoms with Crippen LogP contribution in [0.4, 0.5) is 4.79 Å². The third kappa shape index (κ3) is 16.1. The van der Waals surface area contributed by atoms with E-state index in [-0.39, 0.29) is 11.8 Å². The number of nitrogens with one attached hydrogen (secondary N) is 2. The summed E-state index contributed by atoms with van der Waals surface area (Å²) in [6, 6.07) is 0. The molecule has 0 saturated carbocycles. The van der Waals surface area contributed by atoms with Gasteiger partial charge >= 0.3 is 6.09 Å². The van der Waals surface area contributed by atoms with Crippen LogP contribution in [0.1, 0.15) is 60.3 Å². The van der Waals surface area contributed by atoms with E-state index in [1.54, 1.807) is 0 Å². The van der Waals surface area contributed by atoms with Gasteiger partial charge in [0, 0.05) is 19.0 Å². The first-order chi connectivity index (χ1) is 12.3. The lowest BCUT2D eigenvalue weighted by Crippen LogP contribution is -2.34. The fourth-order valence-electron chi connectivity index (χ4n) is 2.11. The number of ether oxygens (including phenoxy) is 3. The molecule has 7 nitrogen and oxygen atoms in total. The molecule has 0 aliphatic carbocycles. The molecule has 0 aromatic heterocycles. The zero-order valence-corrected chi connectivity index (χ0v) is 17.2. The van der Waals surface area contributed by atoms with Crippen molar-refractivity contribution in [3.8, 4) is 0 Å². The molecule has 0 bridgehead atoms. The van der Waals surface area contributed by atoms with Gasteiger partial charge in [-0.05, 0) is 27.2 Å². The highest BCUT2D eigenvalue weighted by atomic mass is 16.6. The van der Waals surface area contributed by atoms with Gasteiger partial charge in [0.2, 0.25) is 5.91 Å². The molecule has 2 amide bonds. The SMILES string of the molecule is CCCCCC(C)C(=O)NCCOCCOCCNC(=O)OC(C)(C)C. The fraction of sp³-hybridized carbons (Fsp3) is 0.895. The normalized spacial score (nSPS) is 12.5. The Morgan fingerprint density at radius 3 is 2.04 bits per heavy atom. The first-order valence-corrected chi connectivity index (χ1v) is 9.66. The van der Waals surface area contributed by atoms with Gasteiger partial charge in [-0.15, -0.1) is 0 Å². The van der Waals surface area contributed by atoms with E-state index >= 15 is 0 Å². The molecule has 1 unspecified atom stereocenters. The van der Waals surface area contributed by atoms with Crippen LogP contribution < -0.4 is 10.6 Å². The maximum absolute atomic E-state index is 11.8. The molecule has 2 N–H and O–H groups in total. The molecular formula is C19H38N2O5. The van der Waals surface area contributed by atoms with E-state index in [1.807, 2.05) is 27.7 Å². The first-order valence-electron chi connectivity index (χ1n) is 9.66. The van der Waals surface area contributed by atoms with Crippen molar-refractivity contribution in [2.45, 2.75) is 65.9 Å². The van der Waals surface area contributed by atoms with Gasteiger partial charge in [-0.25, -0.2) is 4.79 Å². The maximum atomic E-state index is 11.8. The molecule has 0 rings (SSSR count). The number of carbonyl (C=O) groups excluding carboxylic acids is 2. The van der Waals surface area contributed by atoms with Crippen LogP contribution in [0.3, 0.4) is 0 Å². The summed E-state index contributed by atoms with van der Waals surface area (Å²) in [5.41, 5.74) is -0.499. The topological polar surface area (TPSA) is 85.9 Å². The molecule has 0 aromatic rings. The number of carbonyl (C=O) groups is 2. The molecule has 7 heteroatoms. The van der Waals surface area contributed by atoms with Crippen molar-refractivity contribution in [1.29, 1.82) is 0 Å². The third-order valence-electron chi connectivity index (χ3n) is 3.52. The minimum Gasteiger partial charge on any atom is -0.444 e. The molecule has 0 aliphatic heterocycles. The van der Waals surface area contributed by atoms with E-state index in [1.165, 1.54) is 12.8 Å². The van der Waals surface area contributed by atoms with Crippen molar-refractivity contribution in [1.82, 2.24) is 10.6 Å². The smallest absolute Gasteiger partial charge is 0.407 e. The van der Waals surface area contributed by atoms with Crippen molar-refractivity contribution in [2.75, 3.05) is 39.5 Å². The number of alkyl carbamates (subject to hydrolysis) is 1. The molecule has 1 atom stereocenters. The van der Waals surface area contributed by atoms with Crippen molar-refractivity contribution in [3.05, 3.63) is 0 Å². The zero-order valence-electron chi connectivity index (χ0n) is 17.2. The number of hydrogen-bond donors (Lipinski definition) is 2. The summed E-state index contributed by atoms with van der Waals surface area (Å²) >= 11 is 0. The highest BCUT2D eigenvalue weighted by molar-refractivity contribution is 5.78. The second kappa shape index (κ2) is 14.8. The number of amides is 2. The lowest BCUT2D eigenvalue weighted by molar-refractivity contribution is -0.125. The minimum absolute atomic E-state index is 0.0577. The van der Waals surface area contributed by atoms with Gasteiger partial charge in [0.25, 0.3) is 0 Å². The Labute approximate surface area is 158 Å². The van der Waals surface area contributed by atoms with Gasteiger partial charge in [-0.3, -0.25) is 4.79 Å². The summed E-state index contributed by atoms with van der Waals surface area (Å²) < 4.78 is 15.9. The summed E-state index contributed by atoms with van der Waals surface area (Å²) in [5, 5.41) is 5.50. The van der Waals surface area contributed by atoms with E-state index in [0.717, 1.165) is 12.8 Å². The second-order valence-corrected chi connectivity index (χ2v) is 7.34. The zero-order chi connectivity index (χ0) is 19.8. The molecular weight excluding hydrogens is 336 g/mol. The summed E-state index contributed by atoms with van der Waals surface area (Å²) in [6.07, 6.45) is 3.93. The standard InChI is InChI=1S/C19H38N2O5/c1-6-7-8-9-16(2)17(22)20-10-12-24-14-15-25-13-11-21-18(23)26-19(3,4)5/h16H,6-15H2,1-5H3,(H,20,22)(H,21,23). The van der Waals surface area contributed by atoms with Crippen molar-refractivity contribution < 1.29 is 23.8 Å². The second-order valence-electron chi connectivity index (χ2n) is 7.34. The van der Waals surface area contributed by atoms with Crippen LogP contribution in [0, 0.1) is 5.92 Å². The average molecular weight is 375 g/mol. The maximum Gasteiger partial charge on any atom is 0.407 e. The summed E-state index contributed by atoms with van der Waals surface area (Å²) in [7, 11) is 0. The summed E-state index contributed by atoms with van der Waals surface area (Å²) in [4.78, 5) is 23.2.